The molecule has 0 unspecified atom stereocenters. The summed E-state index contributed by atoms with van der Waals surface area (Å²) in [6.07, 6.45) is 7.84. The number of amides is 3. The van der Waals surface area contributed by atoms with Crippen molar-refractivity contribution in [3.8, 4) is 33.6 Å². The zero-order valence-corrected chi connectivity index (χ0v) is 32.1. The molecule has 3 atom stereocenters. The summed E-state index contributed by atoms with van der Waals surface area (Å²) in [6, 6.07) is 26.2. The van der Waals surface area contributed by atoms with Crippen LogP contribution in [0.15, 0.2) is 91.3 Å². The van der Waals surface area contributed by atoms with Crippen molar-refractivity contribution in [1.82, 2.24) is 40.0 Å². The number of carboxylic acid groups (broad SMARTS) is 1. The number of imidazole rings is 2. The van der Waals surface area contributed by atoms with Gasteiger partial charge in [0.1, 0.15) is 23.2 Å². The second-order valence-corrected chi connectivity index (χ2v) is 15.3. The average molecular weight is 755 g/mol. The minimum absolute atomic E-state index is 0.0955. The van der Waals surface area contributed by atoms with Crippen molar-refractivity contribution in [3.05, 3.63) is 108 Å². The minimum Gasteiger partial charge on any atom is -0.465 e. The van der Waals surface area contributed by atoms with Gasteiger partial charge in [-0.25, -0.2) is 14.8 Å². The van der Waals surface area contributed by atoms with Crippen molar-refractivity contribution in [2.24, 2.45) is 0 Å². The molecule has 0 radical (unpaired) electrons. The first-order valence-electron chi connectivity index (χ1n) is 20.0. The molecule has 12 nitrogen and oxygen atoms in total. The summed E-state index contributed by atoms with van der Waals surface area (Å²) in [4.78, 5) is 61.7. The predicted octanol–water partition coefficient (Wildman–Crippen LogP) is 7.73. The number of likely N-dealkylation sites (tertiary alicyclic amines) is 2. The number of nitrogens with zero attached hydrogens (tertiary/aromatic N) is 5. The molecule has 0 bridgehead atoms. The number of aromatic amines is 2. The number of carbonyl (C=O) groups is 3. The number of hydrogen-bond donors (Lipinski definition) is 4. The molecule has 3 aromatic carbocycles. The standard InChI is InChI=1S/C44H50N8O4/c1-3-50(4-2)38(33-11-6-5-7-12-33)41(53)51-25-8-13-36(51)39-45-27-34(47-39)31-19-15-29(16-20-31)30-17-21-32(22-18-30)35-28-46-40(48-35)37-14-9-26-52(37)42(54)44(23-10-24-44)49-43(55)56/h5-7,11-12,15-22,27-28,36-38,49H,3-4,8-10,13-14,23-26H2,1-2H3,(H,45,47)(H,46,48)(H,55,56)/t36-,37-,38+/m0/s1. The number of likely N-dealkylation sites (N-methyl/N-ethyl adjacent to an activating group) is 1. The summed E-state index contributed by atoms with van der Waals surface area (Å²) < 4.78 is 0. The smallest absolute Gasteiger partial charge is 0.405 e. The third-order valence-electron chi connectivity index (χ3n) is 12.1. The van der Waals surface area contributed by atoms with Crippen LogP contribution in [-0.2, 0) is 9.59 Å². The molecule has 1 aliphatic carbocycles. The van der Waals surface area contributed by atoms with E-state index in [2.05, 4.69) is 99.7 Å². The Morgan fingerprint density at radius 1 is 0.750 bits per heavy atom. The molecular formula is C44H50N8O4. The predicted molar refractivity (Wildman–Crippen MR) is 214 cm³/mol. The van der Waals surface area contributed by atoms with Gasteiger partial charge in [0.15, 0.2) is 0 Å². The van der Waals surface area contributed by atoms with Crippen LogP contribution in [0.1, 0.15) is 94.1 Å². The quantitative estimate of drug-likeness (QED) is 0.102. The second kappa shape index (κ2) is 15.8. The third kappa shape index (κ3) is 7.09. The van der Waals surface area contributed by atoms with Crippen molar-refractivity contribution >= 4 is 17.9 Å². The molecule has 2 aliphatic heterocycles. The Hall–Kier alpha value is -5.75. The van der Waals surface area contributed by atoms with Crippen LogP contribution >= 0.6 is 0 Å². The third-order valence-corrected chi connectivity index (χ3v) is 12.1. The highest BCUT2D eigenvalue weighted by Gasteiger charge is 2.50. The normalized spacial score (nSPS) is 19.6. The monoisotopic (exact) mass is 754 g/mol. The first-order valence-corrected chi connectivity index (χ1v) is 20.0. The van der Waals surface area contributed by atoms with E-state index in [-0.39, 0.29) is 29.9 Å². The van der Waals surface area contributed by atoms with Gasteiger partial charge in [0.05, 0.1) is 35.9 Å². The van der Waals surface area contributed by atoms with Gasteiger partial charge in [-0.05, 0) is 85.9 Å². The Morgan fingerprint density at radius 2 is 1.25 bits per heavy atom. The number of nitrogens with one attached hydrogen (secondary N) is 3. The molecule has 0 spiro atoms. The summed E-state index contributed by atoms with van der Waals surface area (Å²) in [5, 5.41) is 11.9. The van der Waals surface area contributed by atoms with Gasteiger partial charge in [-0.3, -0.25) is 14.5 Å². The topological polar surface area (TPSA) is 151 Å². The highest BCUT2D eigenvalue weighted by Crippen LogP contribution is 2.40. The van der Waals surface area contributed by atoms with Gasteiger partial charge < -0.3 is 30.2 Å². The minimum atomic E-state index is -1.16. The average Bonchev–Trinajstić information content (AvgIpc) is 4.05. The van der Waals surface area contributed by atoms with Crippen LogP contribution in [-0.4, -0.2) is 89.4 Å². The van der Waals surface area contributed by atoms with E-state index in [0.29, 0.717) is 25.9 Å². The number of benzene rings is 3. The van der Waals surface area contributed by atoms with Gasteiger partial charge in [-0.1, -0.05) is 92.7 Å². The molecule has 56 heavy (non-hydrogen) atoms. The molecule has 8 rings (SSSR count). The molecule has 12 heteroatoms. The lowest BCUT2D eigenvalue weighted by atomic mass is 9.75. The van der Waals surface area contributed by atoms with Gasteiger partial charge in [-0.2, -0.15) is 0 Å². The van der Waals surface area contributed by atoms with E-state index in [0.717, 1.165) is 96.0 Å². The van der Waals surface area contributed by atoms with E-state index in [1.807, 2.05) is 29.3 Å². The molecule has 3 fully saturated rings. The van der Waals surface area contributed by atoms with Crippen molar-refractivity contribution < 1.29 is 19.5 Å². The highest BCUT2D eigenvalue weighted by atomic mass is 16.4. The Balaban J connectivity index is 0.931. The molecule has 4 heterocycles. The van der Waals surface area contributed by atoms with E-state index in [1.54, 1.807) is 11.1 Å². The van der Waals surface area contributed by atoms with Crippen LogP contribution in [0, 0.1) is 0 Å². The zero-order chi connectivity index (χ0) is 38.8. The van der Waals surface area contributed by atoms with Gasteiger partial charge in [-0.15, -0.1) is 0 Å². The first-order chi connectivity index (χ1) is 27.3. The van der Waals surface area contributed by atoms with Crippen molar-refractivity contribution in [3.63, 3.8) is 0 Å². The van der Waals surface area contributed by atoms with Crippen LogP contribution in [0.25, 0.3) is 33.6 Å². The van der Waals surface area contributed by atoms with Crippen molar-refractivity contribution in [2.45, 2.75) is 82.5 Å². The SMILES string of the molecule is CCN(CC)[C@@H](C(=O)N1CCC[C@H]1c1ncc(-c2ccc(-c3ccc(-c4cnc([C@@H]5CCCN5C(=O)C5(NC(=O)O)CCC5)[nH]4)cc3)cc2)[nH]1)c1ccccc1. The van der Waals surface area contributed by atoms with Crippen LogP contribution < -0.4 is 5.32 Å². The number of hydrogen-bond acceptors (Lipinski definition) is 6. The lowest BCUT2D eigenvalue weighted by Crippen LogP contribution is -2.63. The highest BCUT2D eigenvalue weighted by molar-refractivity contribution is 5.91. The van der Waals surface area contributed by atoms with Crippen molar-refractivity contribution in [1.29, 1.82) is 0 Å². The largest absolute Gasteiger partial charge is 0.465 e. The molecule has 4 N–H and O–H groups in total. The lowest BCUT2D eigenvalue weighted by molar-refractivity contribution is -0.143. The lowest BCUT2D eigenvalue weighted by Gasteiger charge is -2.43. The fraction of sp³-hybridized carbons (Fsp3) is 0.386. The molecule has 1 saturated carbocycles. The molecule has 2 saturated heterocycles. The maximum absolute atomic E-state index is 14.2. The van der Waals surface area contributed by atoms with Crippen LogP contribution in [0.4, 0.5) is 4.79 Å². The van der Waals surface area contributed by atoms with Gasteiger partial charge >= 0.3 is 6.09 Å². The van der Waals surface area contributed by atoms with E-state index < -0.39 is 11.6 Å². The van der Waals surface area contributed by atoms with Crippen LogP contribution in [0.2, 0.25) is 0 Å². The number of H-pyrrole nitrogens is 2. The van der Waals surface area contributed by atoms with E-state index in [4.69, 9.17) is 4.98 Å². The maximum atomic E-state index is 14.2. The number of rotatable bonds is 12. The Bertz CT molecular complexity index is 2150. The molecule has 290 valence electrons. The Kier molecular flexibility index (Phi) is 10.5. The molecular weight excluding hydrogens is 705 g/mol. The van der Waals surface area contributed by atoms with Gasteiger partial charge in [0.25, 0.3) is 0 Å². The van der Waals surface area contributed by atoms with Crippen LogP contribution in [0.5, 0.6) is 0 Å². The maximum Gasteiger partial charge on any atom is 0.405 e. The van der Waals surface area contributed by atoms with Crippen LogP contribution in [0.3, 0.4) is 0 Å². The Morgan fingerprint density at radius 3 is 1.73 bits per heavy atom. The summed E-state index contributed by atoms with van der Waals surface area (Å²) in [5.41, 5.74) is 5.96. The number of carbonyl (C=O) groups excluding carboxylic acids is 2. The summed E-state index contributed by atoms with van der Waals surface area (Å²) in [5.74, 6) is 1.53. The molecule has 3 amide bonds. The summed E-state index contributed by atoms with van der Waals surface area (Å²) in [6.45, 7) is 7.10. The van der Waals surface area contributed by atoms with Gasteiger partial charge in [0, 0.05) is 13.1 Å². The zero-order valence-electron chi connectivity index (χ0n) is 32.1. The molecule has 3 aliphatic rings. The van der Waals surface area contributed by atoms with E-state index in [9.17, 15) is 19.5 Å². The first kappa shape index (κ1) is 37.2. The molecule has 2 aromatic heterocycles. The summed E-state index contributed by atoms with van der Waals surface area (Å²) in [7, 11) is 0. The fourth-order valence-electron chi connectivity index (χ4n) is 8.89. The van der Waals surface area contributed by atoms with Crippen molar-refractivity contribution in [2.75, 3.05) is 26.2 Å². The fourth-order valence-corrected chi connectivity index (χ4v) is 8.89. The molecule has 5 aromatic rings. The summed E-state index contributed by atoms with van der Waals surface area (Å²) >= 11 is 0. The number of aromatic nitrogens is 4. The second-order valence-electron chi connectivity index (χ2n) is 15.3. The van der Waals surface area contributed by atoms with E-state index >= 15 is 0 Å². The Labute approximate surface area is 327 Å². The van der Waals surface area contributed by atoms with Gasteiger partial charge in [0.2, 0.25) is 11.8 Å². The van der Waals surface area contributed by atoms with E-state index in [1.165, 1.54) is 0 Å².